The fourth-order valence-electron chi connectivity index (χ4n) is 3.01. The van der Waals surface area contributed by atoms with Crippen LogP contribution >= 0.6 is 11.6 Å². The van der Waals surface area contributed by atoms with E-state index in [-0.39, 0.29) is 17.9 Å². The molecule has 2 unspecified atom stereocenters. The maximum absolute atomic E-state index is 12.5. The number of hydrogen-bond acceptors (Lipinski definition) is 3. The Morgan fingerprint density at radius 2 is 1.88 bits per heavy atom. The lowest BCUT2D eigenvalue weighted by Gasteiger charge is -2.18. The summed E-state index contributed by atoms with van der Waals surface area (Å²) in [7, 11) is 0. The fraction of sp³-hybridized carbons (Fsp3) is 0.316. The molecule has 1 amide bonds. The first-order valence-electron chi connectivity index (χ1n) is 8.29. The van der Waals surface area contributed by atoms with Gasteiger partial charge in [-0.15, -0.1) is 0 Å². The van der Waals surface area contributed by atoms with Gasteiger partial charge in [-0.3, -0.25) is 10.2 Å². The molecule has 3 rings (SSSR count). The maximum Gasteiger partial charge on any atom is 0.226 e. The van der Waals surface area contributed by atoms with E-state index in [0.29, 0.717) is 18.1 Å². The summed E-state index contributed by atoms with van der Waals surface area (Å²) >= 11 is 5.94. The van der Waals surface area contributed by atoms with E-state index in [1.807, 2.05) is 42.5 Å². The van der Waals surface area contributed by atoms with Crippen LogP contribution in [0.1, 0.15) is 23.6 Å². The third-order valence-electron chi connectivity index (χ3n) is 4.33. The number of halogens is 1. The zero-order valence-corrected chi connectivity index (χ0v) is 14.2. The molecule has 2 aromatic rings. The Bertz CT molecular complexity index is 660. The third-order valence-corrected chi connectivity index (χ3v) is 4.58. The van der Waals surface area contributed by atoms with Crippen LogP contribution in [-0.4, -0.2) is 19.0 Å². The summed E-state index contributed by atoms with van der Waals surface area (Å²) in [5.41, 5.74) is 8.64. The molecule has 0 radical (unpaired) electrons. The summed E-state index contributed by atoms with van der Waals surface area (Å²) in [6.45, 7) is 1.31. The van der Waals surface area contributed by atoms with E-state index in [2.05, 4.69) is 28.3 Å². The van der Waals surface area contributed by atoms with Crippen LogP contribution < -0.4 is 16.2 Å². The standard InChI is InChI=1S/C19H22ClN3O/c20-16-10-8-15(9-11-16)18-17(13-22-23-18)19(24)21-12-4-7-14-5-2-1-3-6-14/h1-3,5-6,8-11,17-18,22-23H,4,7,12-13H2,(H,21,24). The minimum atomic E-state index is -0.122. The van der Waals surface area contributed by atoms with E-state index < -0.39 is 0 Å². The summed E-state index contributed by atoms with van der Waals surface area (Å²) in [5.74, 6) is -0.0385. The van der Waals surface area contributed by atoms with Gasteiger partial charge < -0.3 is 5.32 Å². The van der Waals surface area contributed by atoms with Gasteiger partial charge in [0.2, 0.25) is 5.91 Å². The second-order valence-corrected chi connectivity index (χ2v) is 6.48. The average molecular weight is 344 g/mol. The van der Waals surface area contributed by atoms with E-state index in [4.69, 9.17) is 11.6 Å². The van der Waals surface area contributed by atoms with Gasteiger partial charge in [-0.25, -0.2) is 5.43 Å². The van der Waals surface area contributed by atoms with Crippen molar-refractivity contribution in [1.29, 1.82) is 0 Å². The van der Waals surface area contributed by atoms with Crippen molar-refractivity contribution in [2.45, 2.75) is 18.9 Å². The summed E-state index contributed by atoms with van der Waals surface area (Å²) in [6.07, 6.45) is 1.91. The van der Waals surface area contributed by atoms with Crippen LogP contribution in [0.25, 0.3) is 0 Å². The Labute approximate surface area is 147 Å². The lowest BCUT2D eigenvalue weighted by molar-refractivity contribution is -0.124. The normalized spacial score (nSPS) is 20.0. The van der Waals surface area contributed by atoms with Gasteiger partial charge >= 0.3 is 0 Å². The molecule has 4 nitrogen and oxygen atoms in total. The smallest absolute Gasteiger partial charge is 0.226 e. The van der Waals surface area contributed by atoms with Crippen molar-refractivity contribution in [3.8, 4) is 0 Å². The van der Waals surface area contributed by atoms with Crippen LogP contribution in [0.5, 0.6) is 0 Å². The van der Waals surface area contributed by atoms with Crippen molar-refractivity contribution in [2.75, 3.05) is 13.1 Å². The highest BCUT2D eigenvalue weighted by Gasteiger charge is 2.33. The van der Waals surface area contributed by atoms with Crippen molar-refractivity contribution in [1.82, 2.24) is 16.2 Å². The molecule has 1 saturated heterocycles. The first kappa shape index (κ1) is 17.0. The Morgan fingerprint density at radius 3 is 2.62 bits per heavy atom. The zero-order chi connectivity index (χ0) is 16.8. The van der Waals surface area contributed by atoms with Gasteiger partial charge in [-0.1, -0.05) is 54.1 Å². The number of benzene rings is 2. The highest BCUT2D eigenvalue weighted by Crippen LogP contribution is 2.26. The second kappa shape index (κ2) is 8.29. The Hall–Kier alpha value is -1.88. The average Bonchev–Trinajstić information content (AvgIpc) is 3.10. The Kier molecular flexibility index (Phi) is 5.86. The highest BCUT2D eigenvalue weighted by molar-refractivity contribution is 6.30. The van der Waals surface area contributed by atoms with E-state index in [9.17, 15) is 4.79 Å². The number of rotatable bonds is 6. The van der Waals surface area contributed by atoms with Gasteiger partial charge in [0.15, 0.2) is 0 Å². The van der Waals surface area contributed by atoms with Gasteiger partial charge in [0.25, 0.3) is 0 Å². The van der Waals surface area contributed by atoms with Crippen LogP contribution in [0, 0.1) is 5.92 Å². The van der Waals surface area contributed by atoms with E-state index in [0.717, 1.165) is 18.4 Å². The summed E-state index contributed by atoms with van der Waals surface area (Å²) < 4.78 is 0. The van der Waals surface area contributed by atoms with E-state index >= 15 is 0 Å². The monoisotopic (exact) mass is 343 g/mol. The number of hydrazine groups is 1. The highest BCUT2D eigenvalue weighted by atomic mass is 35.5. The first-order valence-corrected chi connectivity index (χ1v) is 8.67. The molecule has 24 heavy (non-hydrogen) atoms. The van der Waals surface area contributed by atoms with Crippen molar-refractivity contribution >= 4 is 17.5 Å². The molecular formula is C19H22ClN3O. The molecule has 0 aliphatic carbocycles. The molecule has 2 atom stereocenters. The zero-order valence-electron chi connectivity index (χ0n) is 13.5. The van der Waals surface area contributed by atoms with Gasteiger partial charge in [0, 0.05) is 18.1 Å². The molecule has 0 saturated carbocycles. The molecule has 1 fully saturated rings. The number of carbonyl (C=O) groups excluding carboxylic acids is 1. The van der Waals surface area contributed by atoms with Crippen LogP contribution in [0.2, 0.25) is 5.02 Å². The van der Waals surface area contributed by atoms with Crippen LogP contribution in [-0.2, 0) is 11.2 Å². The topological polar surface area (TPSA) is 53.2 Å². The summed E-state index contributed by atoms with van der Waals surface area (Å²) in [4.78, 5) is 12.5. The molecule has 0 spiro atoms. The lowest BCUT2D eigenvalue weighted by Crippen LogP contribution is -2.35. The van der Waals surface area contributed by atoms with Gasteiger partial charge in [-0.05, 0) is 36.1 Å². The molecule has 3 N–H and O–H groups in total. The van der Waals surface area contributed by atoms with Gasteiger partial charge in [-0.2, -0.15) is 0 Å². The summed E-state index contributed by atoms with van der Waals surface area (Å²) in [5, 5.41) is 3.76. The van der Waals surface area contributed by atoms with Gasteiger partial charge in [0.05, 0.1) is 12.0 Å². The SMILES string of the molecule is O=C(NCCCc1ccccc1)C1CNNC1c1ccc(Cl)cc1. The number of hydrogen-bond donors (Lipinski definition) is 3. The van der Waals surface area contributed by atoms with Gasteiger partial charge in [0.1, 0.15) is 0 Å². The molecule has 5 heteroatoms. The summed E-state index contributed by atoms with van der Waals surface area (Å²) in [6, 6.07) is 17.9. The Balaban J connectivity index is 1.49. The molecule has 0 bridgehead atoms. The molecule has 1 aliphatic rings. The predicted molar refractivity (Wildman–Crippen MR) is 96.6 cm³/mol. The number of nitrogens with one attached hydrogen (secondary N) is 3. The fourth-order valence-corrected chi connectivity index (χ4v) is 3.13. The maximum atomic E-state index is 12.5. The molecule has 126 valence electrons. The molecule has 1 aliphatic heterocycles. The second-order valence-electron chi connectivity index (χ2n) is 6.04. The molecule has 0 aromatic heterocycles. The van der Waals surface area contributed by atoms with Crippen molar-refractivity contribution in [3.05, 3.63) is 70.7 Å². The minimum absolute atomic E-state index is 0.0311. The van der Waals surface area contributed by atoms with Crippen LogP contribution in [0.15, 0.2) is 54.6 Å². The first-order chi connectivity index (χ1) is 11.7. The Morgan fingerprint density at radius 1 is 1.12 bits per heavy atom. The van der Waals surface area contributed by atoms with E-state index in [1.165, 1.54) is 5.56 Å². The lowest BCUT2D eigenvalue weighted by atomic mass is 9.94. The predicted octanol–water partition coefficient (Wildman–Crippen LogP) is 2.85. The third kappa shape index (κ3) is 4.35. The van der Waals surface area contributed by atoms with E-state index in [1.54, 1.807) is 0 Å². The van der Waals surface area contributed by atoms with Crippen molar-refractivity contribution < 1.29 is 4.79 Å². The minimum Gasteiger partial charge on any atom is -0.356 e. The molecular weight excluding hydrogens is 322 g/mol. The quantitative estimate of drug-likeness (QED) is 0.707. The molecule has 1 heterocycles. The van der Waals surface area contributed by atoms with Crippen molar-refractivity contribution in [2.24, 2.45) is 5.92 Å². The molecule has 2 aromatic carbocycles. The van der Waals surface area contributed by atoms with Crippen LogP contribution in [0.4, 0.5) is 0 Å². The van der Waals surface area contributed by atoms with Crippen molar-refractivity contribution in [3.63, 3.8) is 0 Å². The largest absolute Gasteiger partial charge is 0.356 e. The van der Waals surface area contributed by atoms with Crippen LogP contribution in [0.3, 0.4) is 0 Å². The number of aryl methyl sites for hydroxylation is 1. The number of amides is 1. The number of carbonyl (C=O) groups is 1.